The Kier molecular flexibility index (Phi) is 3.39. The zero-order chi connectivity index (χ0) is 10.7. The van der Waals surface area contributed by atoms with Gasteiger partial charge in [0.2, 0.25) is 0 Å². The fraction of sp³-hybridized carbons (Fsp3) is 0.917. The van der Waals surface area contributed by atoms with Crippen molar-refractivity contribution in [1.82, 2.24) is 4.90 Å². The van der Waals surface area contributed by atoms with E-state index < -0.39 is 6.17 Å². The van der Waals surface area contributed by atoms with Crippen molar-refractivity contribution in [3.63, 3.8) is 0 Å². The molecule has 2 fully saturated rings. The van der Waals surface area contributed by atoms with Crippen molar-refractivity contribution < 1.29 is 9.18 Å². The highest BCUT2D eigenvalue weighted by atomic mass is 19.1. The Labute approximate surface area is 90.8 Å². The van der Waals surface area contributed by atoms with E-state index in [1.165, 1.54) is 6.42 Å². The normalized spacial score (nSPS) is 28.9. The highest BCUT2D eigenvalue weighted by molar-refractivity contribution is 5.64. The second kappa shape index (κ2) is 4.60. The van der Waals surface area contributed by atoms with Gasteiger partial charge in [0.1, 0.15) is 12.5 Å². The minimum atomic E-state index is -0.645. The van der Waals surface area contributed by atoms with Crippen molar-refractivity contribution >= 4 is 6.29 Å². The molecule has 0 aromatic heterocycles. The summed E-state index contributed by atoms with van der Waals surface area (Å²) in [5, 5.41) is 0. The van der Waals surface area contributed by atoms with Crippen LogP contribution in [0, 0.1) is 0 Å². The van der Waals surface area contributed by atoms with Gasteiger partial charge in [0.15, 0.2) is 0 Å². The Bertz CT molecular complexity index is 218. The third-order valence-corrected chi connectivity index (χ3v) is 3.99. The number of aldehydes is 1. The predicted octanol–water partition coefficient (Wildman–Crippen LogP) is 2.32. The second-order valence-electron chi connectivity index (χ2n) is 4.94. The lowest BCUT2D eigenvalue weighted by molar-refractivity contribution is -0.122. The van der Waals surface area contributed by atoms with Gasteiger partial charge >= 0.3 is 0 Å². The van der Waals surface area contributed by atoms with E-state index in [0.717, 1.165) is 45.1 Å². The number of rotatable bonds is 2. The van der Waals surface area contributed by atoms with E-state index in [9.17, 15) is 9.18 Å². The number of hydrogen-bond acceptors (Lipinski definition) is 2. The standard InChI is InChI=1S/C12H20FNO/c13-11-4-8-14(9-5-11)12(10-15)6-2-1-3-7-12/h10-11H,1-9H2. The Morgan fingerprint density at radius 2 is 1.73 bits per heavy atom. The molecule has 0 radical (unpaired) electrons. The van der Waals surface area contributed by atoms with Crippen LogP contribution in [0.4, 0.5) is 4.39 Å². The van der Waals surface area contributed by atoms with Gasteiger partial charge < -0.3 is 4.79 Å². The van der Waals surface area contributed by atoms with E-state index in [1.54, 1.807) is 0 Å². The van der Waals surface area contributed by atoms with Gasteiger partial charge in [-0.25, -0.2) is 4.39 Å². The van der Waals surface area contributed by atoms with Gasteiger partial charge in [-0.05, 0) is 25.7 Å². The first-order valence-corrected chi connectivity index (χ1v) is 6.12. The van der Waals surface area contributed by atoms with Crippen molar-refractivity contribution in [3.8, 4) is 0 Å². The molecule has 0 aromatic carbocycles. The molecule has 0 amide bonds. The van der Waals surface area contributed by atoms with Crippen molar-refractivity contribution in [1.29, 1.82) is 0 Å². The number of alkyl halides is 1. The number of piperidine rings is 1. The van der Waals surface area contributed by atoms with Crippen LogP contribution in [-0.4, -0.2) is 36.0 Å². The van der Waals surface area contributed by atoms with Crippen LogP contribution < -0.4 is 0 Å². The maximum Gasteiger partial charge on any atom is 0.140 e. The van der Waals surface area contributed by atoms with E-state index in [2.05, 4.69) is 4.90 Å². The molecule has 1 heterocycles. The fourth-order valence-electron chi connectivity index (χ4n) is 2.97. The first kappa shape index (κ1) is 11.1. The second-order valence-corrected chi connectivity index (χ2v) is 4.94. The molecule has 3 heteroatoms. The minimum absolute atomic E-state index is 0.238. The van der Waals surface area contributed by atoms with Crippen LogP contribution in [0.25, 0.3) is 0 Å². The molecule has 1 saturated heterocycles. The van der Waals surface area contributed by atoms with Crippen LogP contribution >= 0.6 is 0 Å². The summed E-state index contributed by atoms with van der Waals surface area (Å²) in [6, 6.07) is 0. The van der Waals surface area contributed by atoms with Crippen LogP contribution in [0.15, 0.2) is 0 Å². The van der Waals surface area contributed by atoms with E-state index in [-0.39, 0.29) is 5.54 Å². The zero-order valence-electron chi connectivity index (χ0n) is 9.25. The number of hydrogen-bond donors (Lipinski definition) is 0. The number of carbonyl (C=O) groups excluding carboxylic acids is 1. The molecule has 0 aromatic rings. The zero-order valence-corrected chi connectivity index (χ0v) is 9.25. The Morgan fingerprint density at radius 3 is 2.27 bits per heavy atom. The third kappa shape index (κ3) is 2.22. The van der Waals surface area contributed by atoms with Crippen molar-refractivity contribution in [2.24, 2.45) is 0 Å². The van der Waals surface area contributed by atoms with Gasteiger partial charge in [-0.1, -0.05) is 19.3 Å². The molecular weight excluding hydrogens is 193 g/mol. The van der Waals surface area contributed by atoms with Crippen LogP contribution in [-0.2, 0) is 4.79 Å². The predicted molar refractivity (Wildman–Crippen MR) is 57.6 cm³/mol. The average Bonchev–Trinajstić information content (AvgIpc) is 2.31. The van der Waals surface area contributed by atoms with E-state index in [4.69, 9.17) is 0 Å². The van der Waals surface area contributed by atoms with Crippen LogP contribution in [0.1, 0.15) is 44.9 Å². The third-order valence-electron chi connectivity index (χ3n) is 3.99. The van der Waals surface area contributed by atoms with E-state index in [1.807, 2.05) is 0 Å². The smallest absolute Gasteiger partial charge is 0.140 e. The summed E-state index contributed by atoms with van der Waals surface area (Å²) in [5.74, 6) is 0. The maximum absolute atomic E-state index is 13.0. The summed E-state index contributed by atoms with van der Waals surface area (Å²) in [7, 11) is 0. The van der Waals surface area contributed by atoms with Crippen molar-refractivity contribution in [3.05, 3.63) is 0 Å². The fourth-order valence-corrected chi connectivity index (χ4v) is 2.97. The van der Waals surface area contributed by atoms with Crippen LogP contribution in [0.3, 0.4) is 0 Å². The van der Waals surface area contributed by atoms with E-state index >= 15 is 0 Å². The largest absolute Gasteiger partial charge is 0.301 e. The molecule has 2 nitrogen and oxygen atoms in total. The highest BCUT2D eigenvalue weighted by Gasteiger charge is 2.39. The van der Waals surface area contributed by atoms with Gasteiger partial charge in [-0.3, -0.25) is 4.90 Å². The molecule has 0 spiro atoms. The molecule has 0 atom stereocenters. The summed E-state index contributed by atoms with van der Waals surface area (Å²) in [5.41, 5.74) is -0.238. The molecule has 0 unspecified atom stereocenters. The lowest BCUT2D eigenvalue weighted by atomic mass is 9.80. The first-order valence-electron chi connectivity index (χ1n) is 6.12. The molecule has 0 N–H and O–H groups in total. The Hall–Kier alpha value is -0.440. The topological polar surface area (TPSA) is 20.3 Å². The molecule has 1 aliphatic carbocycles. The number of nitrogens with zero attached hydrogens (tertiary/aromatic N) is 1. The van der Waals surface area contributed by atoms with Crippen molar-refractivity contribution in [2.45, 2.75) is 56.7 Å². The quantitative estimate of drug-likeness (QED) is 0.656. The summed E-state index contributed by atoms with van der Waals surface area (Å²) in [6.45, 7) is 1.53. The SMILES string of the molecule is O=CC1(N2CCC(F)CC2)CCCCC1. The minimum Gasteiger partial charge on any atom is -0.301 e. The van der Waals surface area contributed by atoms with Crippen LogP contribution in [0.2, 0.25) is 0 Å². The number of likely N-dealkylation sites (tertiary alicyclic amines) is 1. The average molecular weight is 213 g/mol. The lowest BCUT2D eigenvalue weighted by Gasteiger charge is -2.44. The van der Waals surface area contributed by atoms with Gasteiger partial charge in [0, 0.05) is 13.1 Å². The molecule has 15 heavy (non-hydrogen) atoms. The monoisotopic (exact) mass is 213 g/mol. The van der Waals surface area contributed by atoms with Gasteiger partial charge in [-0.15, -0.1) is 0 Å². The molecule has 0 bridgehead atoms. The van der Waals surface area contributed by atoms with Gasteiger partial charge in [0.05, 0.1) is 5.54 Å². The number of halogens is 1. The molecule has 1 saturated carbocycles. The summed E-state index contributed by atoms with van der Waals surface area (Å²) >= 11 is 0. The Balaban J connectivity index is 2.01. The molecule has 2 aliphatic rings. The molecular formula is C12H20FNO. The maximum atomic E-state index is 13.0. The molecule has 86 valence electrons. The van der Waals surface area contributed by atoms with Crippen molar-refractivity contribution in [2.75, 3.05) is 13.1 Å². The Morgan fingerprint density at radius 1 is 1.13 bits per heavy atom. The summed E-state index contributed by atoms with van der Waals surface area (Å²) < 4.78 is 13.0. The highest BCUT2D eigenvalue weighted by Crippen LogP contribution is 2.34. The van der Waals surface area contributed by atoms with E-state index in [0.29, 0.717) is 12.8 Å². The first-order chi connectivity index (χ1) is 7.27. The van der Waals surface area contributed by atoms with Gasteiger partial charge in [0.25, 0.3) is 0 Å². The number of carbonyl (C=O) groups is 1. The molecule has 2 rings (SSSR count). The summed E-state index contributed by atoms with van der Waals surface area (Å²) in [6.07, 6.45) is 7.20. The van der Waals surface area contributed by atoms with Crippen LogP contribution in [0.5, 0.6) is 0 Å². The molecule has 1 aliphatic heterocycles. The van der Waals surface area contributed by atoms with Gasteiger partial charge in [-0.2, -0.15) is 0 Å². The lowest BCUT2D eigenvalue weighted by Crippen LogP contribution is -2.54. The summed E-state index contributed by atoms with van der Waals surface area (Å²) in [4.78, 5) is 13.6.